The molecule has 2 heteroatoms. The quantitative estimate of drug-likeness (QED) is 0.647. The lowest BCUT2D eigenvalue weighted by molar-refractivity contribution is 0.201. The molecule has 2 N–H and O–H groups in total. The van der Waals surface area contributed by atoms with E-state index in [1.165, 1.54) is 38.6 Å². The molecule has 2 rings (SSSR count). The Balaban J connectivity index is 1.56. The average molecular weight is 169 g/mol. The molecule has 0 saturated heterocycles. The molecule has 2 nitrogen and oxygen atoms in total. The topological polar surface area (TPSA) is 32.3 Å². The third-order valence-electron chi connectivity index (χ3n) is 3.45. The van der Waals surface area contributed by atoms with Crippen LogP contribution in [0.5, 0.6) is 0 Å². The average Bonchev–Trinajstić information content (AvgIpc) is 2.76. The molecule has 0 atom stereocenters. The van der Waals surface area contributed by atoms with E-state index in [1.807, 2.05) is 0 Å². The van der Waals surface area contributed by atoms with Crippen molar-refractivity contribution >= 4 is 0 Å². The highest BCUT2D eigenvalue weighted by Gasteiger charge is 2.41. The highest BCUT2D eigenvalue weighted by molar-refractivity contribution is 4.94. The van der Waals surface area contributed by atoms with Crippen molar-refractivity contribution < 1.29 is 5.11 Å². The minimum Gasteiger partial charge on any atom is -0.396 e. The molecule has 0 amide bonds. The van der Waals surface area contributed by atoms with E-state index in [0.717, 1.165) is 12.5 Å². The highest BCUT2D eigenvalue weighted by Crippen LogP contribution is 2.44. The SMILES string of the molecule is OCC1(CNCC2CCC2)CC1. The molecule has 2 aliphatic rings. The molecule has 0 aliphatic heterocycles. The van der Waals surface area contributed by atoms with Gasteiger partial charge in [0.1, 0.15) is 0 Å². The number of nitrogens with one attached hydrogen (secondary N) is 1. The maximum Gasteiger partial charge on any atom is 0.0499 e. The van der Waals surface area contributed by atoms with Crippen molar-refractivity contribution in [3.8, 4) is 0 Å². The van der Waals surface area contributed by atoms with Crippen LogP contribution in [0, 0.1) is 11.3 Å². The van der Waals surface area contributed by atoms with Crippen molar-refractivity contribution in [3.63, 3.8) is 0 Å². The van der Waals surface area contributed by atoms with Crippen LogP contribution in [0.1, 0.15) is 32.1 Å². The third-order valence-corrected chi connectivity index (χ3v) is 3.45. The summed E-state index contributed by atoms with van der Waals surface area (Å²) >= 11 is 0. The molecule has 12 heavy (non-hydrogen) atoms. The molecule has 70 valence electrons. The molecule has 0 spiro atoms. The van der Waals surface area contributed by atoms with Crippen molar-refractivity contribution in [2.75, 3.05) is 19.7 Å². The Bertz CT molecular complexity index is 150. The van der Waals surface area contributed by atoms with E-state index < -0.39 is 0 Å². The second-order valence-corrected chi connectivity index (χ2v) is 4.59. The number of aliphatic hydroxyl groups excluding tert-OH is 1. The van der Waals surface area contributed by atoms with Gasteiger partial charge in [0.15, 0.2) is 0 Å². The van der Waals surface area contributed by atoms with Gasteiger partial charge in [0.25, 0.3) is 0 Å². The summed E-state index contributed by atoms with van der Waals surface area (Å²) in [4.78, 5) is 0. The maximum atomic E-state index is 9.05. The fourth-order valence-corrected chi connectivity index (χ4v) is 1.81. The van der Waals surface area contributed by atoms with Gasteiger partial charge in [-0.05, 0) is 38.1 Å². The lowest BCUT2D eigenvalue weighted by atomic mass is 9.85. The molecule has 0 unspecified atom stereocenters. The fraction of sp³-hybridized carbons (Fsp3) is 1.00. The first-order valence-electron chi connectivity index (χ1n) is 5.16. The fourth-order valence-electron chi connectivity index (χ4n) is 1.81. The molecule has 0 radical (unpaired) electrons. The molecular formula is C10H19NO. The molecule has 0 heterocycles. The number of hydrogen-bond acceptors (Lipinski definition) is 2. The van der Waals surface area contributed by atoms with E-state index in [4.69, 9.17) is 5.11 Å². The standard InChI is InChI=1S/C10H19NO/c12-8-10(4-5-10)7-11-6-9-2-1-3-9/h9,11-12H,1-8H2. The lowest BCUT2D eigenvalue weighted by Crippen LogP contribution is -2.33. The van der Waals surface area contributed by atoms with Crippen LogP contribution in [-0.4, -0.2) is 24.8 Å². The van der Waals surface area contributed by atoms with E-state index in [2.05, 4.69) is 5.32 Å². The zero-order chi connectivity index (χ0) is 8.44. The van der Waals surface area contributed by atoms with Crippen molar-refractivity contribution in [3.05, 3.63) is 0 Å². The van der Waals surface area contributed by atoms with Crippen LogP contribution < -0.4 is 5.32 Å². The predicted molar refractivity (Wildman–Crippen MR) is 49.0 cm³/mol. The summed E-state index contributed by atoms with van der Waals surface area (Å²) in [6, 6.07) is 0. The molecule has 0 aromatic heterocycles. The molecule has 2 saturated carbocycles. The Hall–Kier alpha value is -0.0800. The van der Waals surface area contributed by atoms with Gasteiger partial charge >= 0.3 is 0 Å². The van der Waals surface area contributed by atoms with Gasteiger partial charge in [-0.1, -0.05) is 6.42 Å². The summed E-state index contributed by atoms with van der Waals surface area (Å²) in [6.45, 7) is 2.60. The van der Waals surface area contributed by atoms with Crippen molar-refractivity contribution in [2.45, 2.75) is 32.1 Å². The normalized spacial score (nSPS) is 26.8. The van der Waals surface area contributed by atoms with Crippen molar-refractivity contribution in [1.82, 2.24) is 5.32 Å². The summed E-state index contributed by atoms with van der Waals surface area (Å²) < 4.78 is 0. The molecule has 2 fully saturated rings. The minimum atomic E-state index is 0.295. The van der Waals surface area contributed by atoms with E-state index in [9.17, 15) is 0 Å². The Morgan fingerprint density at radius 3 is 2.50 bits per heavy atom. The Morgan fingerprint density at radius 1 is 1.33 bits per heavy atom. The monoisotopic (exact) mass is 169 g/mol. The smallest absolute Gasteiger partial charge is 0.0499 e. The molecule has 0 aromatic rings. The highest BCUT2D eigenvalue weighted by atomic mass is 16.3. The van der Waals surface area contributed by atoms with Gasteiger partial charge < -0.3 is 10.4 Å². The first-order valence-corrected chi connectivity index (χ1v) is 5.16. The van der Waals surface area contributed by atoms with Gasteiger partial charge in [0, 0.05) is 18.6 Å². The number of hydrogen-bond donors (Lipinski definition) is 2. The van der Waals surface area contributed by atoms with Gasteiger partial charge in [-0.15, -0.1) is 0 Å². The molecule has 2 aliphatic carbocycles. The first kappa shape index (κ1) is 8.52. The number of aliphatic hydroxyl groups is 1. The van der Waals surface area contributed by atoms with Crippen LogP contribution >= 0.6 is 0 Å². The number of rotatable bonds is 5. The van der Waals surface area contributed by atoms with Gasteiger partial charge in [0.2, 0.25) is 0 Å². The van der Waals surface area contributed by atoms with Crippen molar-refractivity contribution in [1.29, 1.82) is 0 Å². The van der Waals surface area contributed by atoms with Crippen LogP contribution in [0.25, 0.3) is 0 Å². The summed E-state index contributed by atoms with van der Waals surface area (Å²) in [5.41, 5.74) is 0.295. The van der Waals surface area contributed by atoms with E-state index in [-0.39, 0.29) is 0 Å². The van der Waals surface area contributed by atoms with Crippen LogP contribution in [0.3, 0.4) is 0 Å². The van der Waals surface area contributed by atoms with Gasteiger partial charge in [-0.25, -0.2) is 0 Å². The minimum absolute atomic E-state index is 0.295. The second-order valence-electron chi connectivity index (χ2n) is 4.59. The lowest BCUT2D eigenvalue weighted by Gasteiger charge is -2.26. The summed E-state index contributed by atoms with van der Waals surface area (Å²) in [5.74, 6) is 0.944. The summed E-state index contributed by atoms with van der Waals surface area (Å²) in [6.07, 6.45) is 6.71. The van der Waals surface area contributed by atoms with E-state index in [0.29, 0.717) is 12.0 Å². The zero-order valence-electron chi connectivity index (χ0n) is 7.68. The van der Waals surface area contributed by atoms with Gasteiger partial charge in [0.05, 0.1) is 0 Å². The Morgan fingerprint density at radius 2 is 2.08 bits per heavy atom. The summed E-state index contributed by atoms with van der Waals surface area (Å²) in [5, 5.41) is 12.5. The molecule has 0 aromatic carbocycles. The molecule has 0 bridgehead atoms. The van der Waals surface area contributed by atoms with Gasteiger partial charge in [-0.3, -0.25) is 0 Å². The Labute approximate surface area is 74.4 Å². The van der Waals surface area contributed by atoms with Crippen LogP contribution in [-0.2, 0) is 0 Å². The third kappa shape index (κ3) is 1.80. The first-order chi connectivity index (χ1) is 5.85. The van der Waals surface area contributed by atoms with Gasteiger partial charge in [-0.2, -0.15) is 0 Å². The van der Waals surface area contributed by atoms with Crippen LogP contribution in [0.4, 0.5) is 0 Å². The van der Waals surface area contributed by atoms with Crippen LogP contribution in [0.15, 0.2) is 0 Å². The Kier molecular flexibility index (Phi) is 2.37. The molecular weight excluding hydrogens is 150 g/mol. The second kappa shape index (κ2) is 3.35. The van der Waals surface area contributed by atoms with E-state index >= 15 is 0 Å². The summed E-state index contributed by atoms with van der Waals surface area (Å²) in [7, 11) is 0. The zero-order valence-corrected chi connectivity index (χ0v) is 7.68. The van der Waals surface area contributed by atoms with Crippen molar-refractivity contribution in [2.24, 2.45) is 11.3 Å². The maximum absolute atomic E-state index is 9.05. The van der Waals surface area contributed by atoms with Crippen LogP contribution in [0.2, 0.25) is 0 Å². The predicted octanol–water partition coefficient (Wildman–Crippen LogP) is 1.15. The van der Waals surface area contributed by atoms with E-state index in [1.54, 1.807) is 0 Å². The largest absolute Gasteiger partial charge is 0.396 e.